The number of nitriles is 1. The summed E-state index contributed by atoms with van der Waals surface area (Å²) >= 11 is 0. The van der Waals surface area contributed by atoms with Gasteiger partial charge in [0.2, 0.25) is 0 Å². The van der Waals surface area contributed by atoms with Crippen molar-refractivity contribution in [2.75, 3.05) is 33.7 Å². The topological polar surface area (TPSA) is 77.5 Å². The van der Waals surface area contributed by atoms with E-state index in [4.69, 9.17) is 25.2 Å². The first kappa shape index (κ1) is 15.4. The number of aryl methyl sites for hydroxylation is 1. The summed E-state index contributed by atoms with van der Waals surface area (Å²) in [6.07, 6.45) is 1.65. The highest BCUT2D eigenvalue weighted by atomic mass is 16.7. The third-order valence-corrected chi connectivity index (χ3v) is 2.57. The van der Waals surface area contributed by atoms with Crippen LogP contribution in [0.15, 0.2) is 18.2 Å². The third kappa shape index (κ3) is 5.71. The van der Waals surface area contributed by atoms with Gasteiger partial charge in [-0.2, -0.15) is 5.26 Å². The molecule has 0 bridgehead atoms. The Kier molecular flexibility index (Phi) is 7.59. The zero-order chi connectivity index (χ0) is 13.9. The van der Waals surface area contributed by atoms with E-state index < -0.39 is 0 Å². The van der Waals surface area contributed by atoms with Gasteiger partial charge in [-0.15, -0.1) is 0 Å². The highest BCUT2D eigenvalue weighted by molar-refractivity contribution is 5.42. The molecule has 0 saturated heterocycles. The number of benzene rings is 1. The van der Waals surface area contributed by atoms with Crippen LogP contribution in [0.2, 0.25) is 0 Å². The van der Waals surface area contributed by atoms with Gasteiger partial charge in [-0.05, 0) is 43.1 Å². The molecule has 5 nitrogen and oxygen atoms in total. The number of nitrogens with two attached hydrogens (primary N) is 1. The van der Waals surface area contributed by atoms with Crippen molar-refractivity contribution >= 4 is 0 Å². The first-order chi connectivity index (χ1) is 9.31. The second-order valence-electron chi connectivity index (χ2n) is 3.99. The van der Waals surface area contributed by atoms with Crippen molar-refractivity contribution < 1.29 is 14.2 Å². The Labute approximate surface area is 113 Å². The molecule has 0 unspecified atom stereocenters. The number of hydrogen-bond acceptors (Lipinski definition) is 5. The van der Waals surface area contributed by atoms with Gasteiger partial charge in [0.25, 0.3) is 0 Å². The van der Waals surface area contributed by atoms with Crippen molar-refractivity contribution in [3.63, 3.8) is 0 Å². The zero-order valence-electron chi connectivity index (χ0n) is 11.2. The summed E-state index contributed by atoms with van der Waals surface area (Å²) in [5, 5.41) is 8.90. The molecule has 0 fully saturated rings. The van der Waals surface area contributed by atoms with E-state index in [1.165, 1.54) is 0 Å². The van der Waals surface area contributed by atoms with Gasteiger partial charge in [-0.25, -0.2) is 0 Å². The lowest BCUT2D eigenvalue weighted by atomic mass is 10.1. The first-order valence-corrected chi connectivity index (χ1v) is 6.24. The predicted molar refractivity (Wildman–Crippen MR) is 71.9 cm³/mol. The minimum atomic E-state index is 0.172. The molecule has 104 valence electrons. The molecule has 0 spiro atoms. The fourth-order valence-corrected chi connectivity index (χ4v) is 1.58. The van der Waals surface area contributed by atoms with E-state index in [1.54, 1.807) is 19.2 Å². The van der Waals surface area contributed by atoms with Gasteiger partial charge < -0.3 is 19.9 Å². The van der Waals surface area contributed by atoms with Gasteiger partial charge >= 0.3 is 0 Å². The molecular weight excluding hydrogens is 244 g/mol. The standard InChI is InChI=1S/C14H20N2O3/c1-17-7-8-18-11-19-14-5-4-12(10-16)9-13(14)3-2-6-15/h4-5,9H,2-3,6-8,11,15H2,1H3. The Morgan fingerprint density at radius 2 is 2.16 bits per heavy atom. The fraction of sp³-hybridized carbons (Fsp3) is 0.500. The van der Waals surface area contributed by atoms with Crippen molar-refractivity contribution in [3.05, 3.63) is 29.3 Å². The smallest absolute Gasteiger partial charge is 0.189 e. The molecule has 1 rings (SSSR count). The molecule has 5 heteroatoms. The van der Waals surface area contributed by atoms with Crippen LogP contribution >= 0.6 is 0 Å². The maximum Gasteiger partial charge on any atom is 0.189 e. The van der Waals surface area contributed by atoms with Crippen molar-refractivity contribution in [1.82, 2.24) is 0 Å². The summed E-state index contributed by atoms with van der Waals surface area (Å²) in [7, 11) is 1.62. The SMILES string of the molecule is COCCOCOc1ccc(C#N)cc1CCCN. The largest absolute Gasteiger partial charge is 0.467 e. The second kappa shape index (κ2) is 9.34. The molecule has 0 aliphatic carbocycles. The lowest BCUT2D eigenvalue weighted by Crippen LogP contribution is -2.09. The minimum Gasteiger partial charge on any atom is -0.467 e. The normalized spacial score (nSPS) is 10.2. The molecule has 0 radical (unpaired) electrons. The summed E-state index contributed by atoms with van der Waals surface area (Å²) in [4.78, 5) is 0. The lowest BCUT2D eigenvalue weighted by Gasteiger charge is -2.12. The predicted octanol–water partition coefficient (Wildman–Crippen LogP) is 1.45. The fourth-order valence-electron chi connectivity index (χ4n) is 1.58. The Morgan fingerprint density at radius 3 is 2.84 bits per heavy atom. The number of rotatable bonds is 9. The molecule has 0 heterocycles. The average molecular weight is 264 g/mol. The molecule has 0 atom stereocenters. The van der Waals surface area contributed by atoms with E-state index in [9.17, 15) is 0 Å². The third-order valence-electron chi connectivity index (χ3n) is 2.57. The van der Waals surface area contributed by atoms with E-state index in [0.717, 1.165) is 24.2 Å². The molecule has 2 N–H and O–H groups in total. The number of ether oxygens (including phenoxy) is 3. The van der Waals surface area contributed by atoms with Crippen LogP contribution in [0.5, 0.6) is 5.75 Å². The Hall–Kier alpha value is -1.61. The maximum absolute atomic E-state index is 8.90. The van der Waals surface area contributed by atoms with Crippen LogP contribution in [0.3, 0.4) is 0 Å². The summed E-state index contributed by atoms with van der Waals surface area (Å²) in [5.74, 6) is 0.741. The van der Waals surface area contributed by atoms with Crippen molar-refractivity contribution in [1.29, 1.82) is 5.26 Å². The molecule has 0 amide bonds. The van der Waals surface area contributed by atoms with Gasteiger partial charge in [0, 0.05) is 7.11 Å². The first-order valence-electron chi connectivity index (χ1n) is 6.24. The zero-order valence-corrected chi connectivity index (χ0v) is 11.2. The van der Waals surface area contributed by atoms with Crippen molar-refractivity contribution in [3.8, 4) is 11.8 Å². The van der Waals surface area contributed by atoms with E-state index in [2.05, 4.69) is 6.07 Å². The molecule has 0 aliphatic heterocycles. The van der Waals surface area contributed by atoms with Gasteiger partial charge in [-0.3, -0.25) is 0 Å². The van der Waals surface area contributed by atoms with Gasteiger partial charge in [0.15, 0.2) is 6.79 Å². The van der Waals surface area contributed by atoms with Crippen LogP contribution in [0.4, 0.5) is 0 Å². The van der Waals surface area contributed by atoms with Gasteiger partial charge in [0.05, 0.1) is 24.8 Å². The lowest BCUT2D eigenvalue weighted by molar-refractivity contribution is -0.00887. The van der Waals surface area contributed by atoms with Crippen LogP contribution in [0.1, 0.15) is 17.5 Å². The van der Waals surface area contributed by atoms with E-state index >= 15 is 0 Å². The highest BCUT2D eigenvalue weighted by Gasteiger charge is 2.05. The Morgan fingerprint density at radius 1 is 1.32 bits per heavy atom. The second-order valence-corrected chi connectivity index (χ2v) is 3.99. The van der Waals surface area contributed by atoms with Crippen molar-refractivity contribution in [2.24, 2.45) is 5.73 Å². The monoisotopic (exact) mass is 264 g/mol. The van der Waals surface area contributed by atoms with Crippen LogP contribution in [0.25, 0.3) is 0 Å². The number of methoxy groups -OCH3 is 1. The maximum atomic E-state index is 8.90. The molecule has 1 aromatic rings. The summed E-state index contributed by atoms with van der Waals surface area (Å²) in [6, 6.07) is 7.48. The van der Waals surface area contributed by atoms with E-state index in [-0.39, 0.29) is 6.79 Å². The van der Waals surface area contributed by atoms with Crippen LogP contribution in [-0.4, -0.2) is 33.7 Å². The molecule has 0 saturated carbocycles. The molecule has 0 aromatic heterocycles. The van der Waals surface area contributed by atoms with Crippen LogP contribution in [0, 0.1) is 11.3 Å². The molecular formula is C14H20N2O3. The summed E-state index contributed by atoms with van der Waals surface area (Å²) in [5.41, 5.74) is 7.12. The molecule has 1 aromatic carbocycles. The van der Waals surface area contributed by atoms with Crippen molar-refractivity contribution in [2.45, 2.75) is 12.8 Å². The summed E-state index contributed by atoms with van der Waals surface area (Å²) in [6.45, 7) is 1.81. The minimum absolute atomic E-state index is 0.172. The van der Waals surface area contributed by atoms with Crippen LogP contribution in [-0.2, 0) is 15.9 Å². The van der Waals surface area contributed by atoms with E-state index in [1.807, 2.05) is 6.07 Å². The quantitative estimate of drug-likeness (QED) is 0.539. The molecule has 0 aliphatic rings. The van der Waals surface area contributed by atoms with Gasteiger partial charge in [-0.1, -0.05) is 0 Å². The molecule has 19 heavy (non-hydrogen) atoms. The van der Waals surface area contributed by atoms with Crippen LogP contribution < -0.4 is 10.5 Å². The van der Waals surface area contributed by atoms with Gasteiger partial charge in [0.1, 0.15) is 5.75 Å². The highest BCUT2D eigenvalue weighted by Crippen LogP contribution is 2.21. The summed E-state index contributed by atoms with van der Waals surface area (Å²) < 4.78 is 15.7. The Balaban J connectivity index is 2.57. The number of nitrogens with zero attached hydrogens (tertiary/aromatic N) is 1. The Bertz CT molecular complexity index is 416. The average Bonchev–Trinajstić information content (AvgIpc) is 2.45. The number of hydrogen-bond donors (Lipinski definition) is 1. The van der Waals surface area contributed by atoms with E-state index in [0.29, 0.717) is 25.3 Å².